The molecule has 6 heteroatoms. The van der Waals surface area contributed by atoms with E-state index >= 15 is 0 Å². The third-order valence-corrected chi connectivity index (χ3v) is 2.79. The summed E-state index contributed by atoms with van der Waals surface area (Å²) >= 11 is 0. The maximum Gasteiger partial charge on any atom is 0.239 e. The van der Waals surface area contributed by atoms with Gasteiger partial charge >= 0.3 is 0 Å². The zero-order valence-corrected chi connectivity index (χ0v) is 11.4. The maximum atomic E-state index is 6.04. The van der Waals surface area contributed by atoms with Gasteiger partial charge in [0.25, 0.3) is 0 Å². The average Bonchev–Trinajstić information content (AvgIpc) is 2.25. The Morgan fingerprint density at radius 2 is 1.89 bits per heavy atom. The Morgan fingerprint density at radius 3 is 2.44 bits per heavy atom. The molecule has 0 aromatic carbocycles. The Balaban J connectivity index is 2.26. The number of hydrogen-bond acceptors (Lipinski definition) is 6. The van der Waals surface area contributed by atoms with Crippen molar-refractivity contribution < 1.29 is 4.74 Å². The van der Waals surface area contributed by atoms with Gasteiger partial charge in [-0.05, 0) is 33.8 Å². The van der Waals surface area contributed by atoms with E-state index in [4.69, 9.17) is 10.6 Å². The molecule has 1 aliphatic heterocycles. The standard InChI is InChI=1S/C12H21N5O/c1-11(2)7-17(8-12(3,4)18-11)9-5-6-14-10(15-9)16-13/h5-6H,7-8,13H2,1-4H3,(H,14,15,16). The number of ether oxygens (including phenoxy) is 1. The van der Waals surface area contributed by atoms with Gasteiger partial charge in [-0.25, -0.2) is 10.8 Å². The van der Waals surface area contributed by atoms with Crippen LogP contribution in [0, 0.1) is 0 Å². The molecule has 6 nitrogen and oxygen atoms in total. The molecule has 1 aliphatic rings. The number of nitrogens with two attached hydrogens (primary N) is 1. The van der Waals surface area contributed by atoms with Crippen LogP contribution in [-0.4, -0.2) is 34.3 Å². The van der Waals surface area contributed by atoms with Crippen molar-refractivity contribution in [2.45, 2.75) is 38.9 Å². The SMILES string of the molecule is CC1(C)CN(c2ccnc(NN)n2)CC(C)(C)O1. The summed E-state index contributed by atoms with van der Waals surface area (Å²) in [6.07, 6.45) is 1.70. The number of morpholine rings is 1. The highest BCUT2D eigenvalue weighted by Crippen LogP contribution is 2.30. The number of hydrogen-bond donors (Lipinski definition) is 2. The summed E-state index contributed by atoms with van der Waals surface area (Å²) in [5.74, 6) is 6.63. The van der Waals surface area contributed by atoms with Crippen LogP contribution in [0.5, 0.6) is 0 Å². The topological polar surface area (TPSA) is 76.3 Å². The zero-order chi connectivity index (χ0) is 13.4. The van der Waals surface area contributed by atoms with Crippen LogP contribution in [0.1, 0.15) is 27.7 Å². The van der Waals surface area contributed by atoms with Gasteiger partial charge in [0.2, 0.25) is 5.95 Å². The van der Waals surface area contributed by atoms with E-state index in [0.717, 1.165) is 18.9 Å². The molecule has 0 spiro atoms. The fourth-order valence-corrected chi connectivity index (χ4v) is 2.54. The van der Waals surface area contributed by atoms with Crippen LogP contribution in [0.2, 0.25) is 0 Å². The van der Waals surface area contributed by atoms with Crippen LogP contribution < -0.4 is 16.2 Å². The lowest BCUT2D eigenvalue weighted by Crippen LogP contribution is -2.57. The first-order valence-electron chi connectivity index (χ1n) is 6.06. The normalized spacial score (nSPS) is 21.7. The van der Waals surface area contributed by atoms with E-state index < -0.39 is 0 Å². The van der Waals surface area contributed by atoms with Crippen LogP contribution in [0.4, 0.5) is 11.8 Å². The predicted octanol–water partition coefficient (Wildman–Crippen LogP) is 1.16. The van der Waals surface area contributed by atoms with Gasteiger partial charge in [-0.15, -0.1) is 0 Å². The minimum absolute atomic E-state index is 0.205. The second-order valence-corrected chi connectivity index (χ2v) is 5.86. The summed E-state index contributed by atoms with van der Waals surface area (Å²) < 4.78 is 6.04. The quantitative estimate of drug-likeness (QED) is 0.606. The van der Waals surface area contributed by atoms with Crippen LogP contribution in [-0.2, 0) is 4.74 Å². The maximum absolute atomic E-state index is 6.04. The Hall–Kier alpha value is -1.40. The van der Waals surface area contributed by atoms with Crippen molar-refractivity contribution in [3.8, 4) is 0 Å². The molecule has 0 bridgehead atoms. The van der Waals surface area contributed by atoms with Gasteiger partial charge in [-0.3, -0.25) is 5.43 Å². The van der Waals surface area contributed by atoms with Crippen molar-refractivity contribution in [2.75, 3.05) is 23.4 Å². The van der Waals surface area contributed by atoms with Gasteiger partial charge < -0.3 is 9.64 Å². The molecule has 2 heterocycles. The highest BCUT2D eigenvalue weighted by atomic mass is 16.5. The second-order valence-electron chi connectivity index (χ2n) is 5.86. The Bertz CT molecular complexity index is 416. The van der Waals surface area contributed by atoms with E-state index in [2.05, 4.69) is 48.0 Å². The molecule has 0 aliphatic carbocycles. The highest BCUT2D eigenvalue weighted by Gasteiger charge is 2.38. The van der Waals surface area contributed by atoms with E-state index in [0.29, 0.717) is 5.95 Å². The van der Waals surface area contributed by atoms with Crippen LogP contribution >= 0.6 is 0 Å². The number of aromatic nitrogens is 2. The molecule has 0 radical (unpaired) electrons. The van der Waals surface area contributed by atoms with Crippen molar-refractivity contribution in [3.05, 3.63) is 12.3 Å². The van der Waals surface area contributed by atoms with Gasteiger partial charge in [0.15, 0.2) is 0 Å². The number of nitrogen functional groups attached to an aromatic ring is 1. The fourth-order valence-electron chi connectivity index (χ4n) is 2.54. The predicted molar refractivity (Wildman–Crippen MR) is 71.3 cm³/mol. The van der Waals surface area contributed by atoms with E-state index in [-0.39, 0.29) is 11.2 Å². The largest absolute Gasteiger partial charge is 0.366 e. The third kappa shape index (κ3) is 2.88. The van der Waals surface area contributed by atoms with E-state index in [1.807, 2.05) is 6.07 Å². The molecule has 1 aromatic heterocycles. The van der Waals surface area contributed by atoms with E-state index in [1.54, 1.807) is 6.20 Å². The number of nitrogens with zero attached hydrogens (tertiary/aromatic N) is 3. The van der Waals surface area contributed by atoms with Gasteiger partial charge in [0, 0.05) is 19.3 Å². The first-order valence-corrected chi connectivity index (χ1v) is 6.06. The summed E-state index contributed by atoms with van der Waals surface area (Å²) in [6, 6.07) is 1.89. The van der Waals surface area contributed by atoms with Gasteiger partial charge in [0.1, 0.15) is 5.82 Å². The lowest BCUT2D eigenvalue weighted by molar-refractivity contribution is -0.133. The second kappa shape index (κ2) is 4.37. The first-order chi connectivity index (χ1) is 8.31. The lowest BCUT2D eigenvalue weighted by Gasteiger charge is -2.47. The molecule has 2 rings (SSSR count). The van der Waals surface area contributed by atoms with Crippen molar-refractivity contribution in [1.29, 1.82) is 0 Å². The molecule has 1 aromatic rings. The zero-order valence-electron chi connectivity index (χ0n) is 11.4. The van der Waals surface area contributed by atoms with E-state index in [9.17, 15) is 0 Å². The minimum Gasteiger partial charge on any atom is -0.366 e. The van der Waals surface area contributed by atoms with Crippen LogP contribution in [0.3, 0.4) is 0 Å². The summed E-state index contributed by atoms with van der Waals surface area (Å²) in [6.45, 7) is 9.93. The highest BCUT2D eigenvalue weighted by molar-refractivity contribution is 5.43. The summed E-state index contributed by atoms with van der Waals surface area (Å²) in [4.78, 5) is 10.6. The Kier molecular flexibility index (Phi) is 3.16. The lowest BCUT2D eigenvalue weighted by atomic mass is 9.99. The van der Waals surface area contributed by atoms with Crippen LogP contribution in [0.15, 0.2) is 12.3 Å². The molecule has 1 fully saturated rings. The Morgan fingerprint density at radius 1 is 1.28 bits per heavy atom. The Labute approximate surface area is 108 Å². The molecular formula is C12H21N5O. The number of rotatable bonds is 2. The van der Waals surface area contributed by atoms with Crippen molar-refractivity contribution >= 4 is 11.8 Å². The van der Waals surface area contributed by atoms with Gasteiger partial charge in [0.05, 0.1) is 11.2 Å². The average molecular weight is 251 g/mol. The fraction of sp³-hybridized carbons (Fsp3) is 0.667. The molecule has 100 valence electrons. The summed E-state index contributed by atoms with van der Waals surface area (Å²) in [5.41, 5.74) is 2.06. The molecule has 1 saturated heterocycles. The van der Waals surface area contributed by atoms with Gasteiger partial charge in [-0.1, -0.05) is 0 Å². The van der Waals surface area contributed by atoms with Crippen molar-refractivity contribution in [2.24, 2.45) is 5.84 Å². The van der Waals surface area contributed by atoms with E-state index in [1.165, 1.54) is 0 Å². The molecule has 0 atom stereocenters. The smallest absolute Gasteiger partial charge is 0.239 e. The molecule has 0 saturated carbocycles. The monoisotopic (exact) mass is 251 g/mol. The van der Waals surface area contributed by atoms with Crippen molar-refractivity contribution in [1.82, 2.24) is 9.97 Å². The van der Waals surface area contributed by atoms with Gasteiger partial charge in [-0.2, -0.15) is 4.98 Å². The molecule has 0 amide bonds. The third-order valence-electron chi connectivity index (χ3n) is 2.79. The molecule has 0 unspecified atom stereocenters. The summed E-state index contributed by atoms with van der Waals surface area (Å²) in [5, 5.41) is 0. The first kappa shape index (κ1) is 13.0. The molecule has 3 N–H and O–H groups in total. The number of nitrogens with one attached hydrogen (secondary N) is 1. The molecule has 18 heavy (non-hydrogen) atoms. The molecular weight excluding hydrogens is 230 g/mol. The number of anilines is 2. The van der Waals surface area contributed by atoms with Crippen molar-refractivity contribution in [3.63, 3.8) is 0 Å². The van der Waals surface area contributed by atoms with Crippen LogP contribution in [0.25, 0.3) is 0 Å². The minimum atomic E-state index is -0.205. The number of hydrazine groups is 1. The summed E-state index contributed by atoms with van der Waals surface area (Å²) in [7, 11) is 0.